The van der Waals surface area contributed by atoms with Crippen LogP contribution in [-0.4, -0.2) is 27.1 Å². The van der Waals surface area contributed by atoms with E-state index < -0.39 is 11.1 Å². The minimum atomic E-state index is -0.448. The van der Waals surface area contributed by atoms with Crippen LogP contribution in [0.25, 0.3) is 11.0 Å². The Hall–Kier alpha value is -2.66. The first kappa shape index (κ1) is 17.7. The van der Waals surface area contributed by atoms with Crippen LogP contribution >= 0.6 is 0 Å². The second kappa shape index (κ2) is 7.16. The Morgan fingerprint density at radius 2 is 1.63 bits per heavy atom. The number of aromatic nitrogens is 2. The lowest BCUT2D eigenvalue weighted by molar-refractivity contribution is 0.179. The number of para-hydroxylation sites is 2. The smallest absolute Gasteiger partial charge is 0.305 e. The minimum absolute atomic E-state index is 0.0741. The van der Waals surface area contributed by atoms with Crippen molar-refractivity contribution < 1.29 is 0 Å². The molecule has 0 aliphatic carbocycles. The molecule has 2 heterocycles. The van der Waals surface area contributed by atoms with E-state index in [1.807, 2.05) is 24.3 Å². The van der Waals surface area contributed by atoms with E-state index in [4.69, 9.17) is 0 Å². The number of aryl methyl sites for hydroxylation is 2. The second-order valence-electron chi connectivity index (χ2n) is 7.52. The van der Waals surface area contributed by atoms with Crippen molar-refractivity contribution in [3.05, 3.63) is 80.4 Å². The molecule has 5 heteroatoms. The average Bonchev–Trinajstić information content (AvgIpc) is 2.68. The minimum Gasteiger partial charge on any atom is -0.305 e. The van der Waals surface area contributed by atoms with Crippen molar-refractivity contribution in [2.24, 2.45) is 7.05 Å². The fraction of sp³-hybridized carbons (Fsp3) is 0.364. The standard InChI is InChI=1S/C22H25N3O2/c1-16-6-5-7-17(14-16)15-24-12-10-18(11-13-24)25-20-9-4-3-8-19(20)23(2)21(26)22(25)27/h3-9,14,18H,10-13,15H2,1-2H3. The third kappa shape index (κ3) is 3.35. The number of benzene rings is 2. The molecule has 1 aliphatic heterocycles. The molecule has 140 valence electrons. The number of rotatable bonds is 3. The van der Waals surface area contributed by atoms with Crippen LogP contribution in [0.5, 0.6) is 0 Å². The highest BCUT2D eigenvalue weighted by molar-refractivity contribution is 5.75. The van der Waals surface area contributed by atoms with Crippen molar-refractivity contribution in [2.45, 2.75) is 32.4 Å². The van der Waals surface area contributed by atoms with E-state index in [2.05, 4.69) is 36.1 Å². The summed E-state index contributed by atoms with van der Waals surface area (Å²) in [5.41, 5.74) is 3.40. The highest BCUT2D eigenvalue weighted by Crippen LogP contribution is 2.25. The topological polar surface area (TPSA) is 47.2 Å². The molecule has 0 radical (unpaired) electrons. The zero-order valence-corrected chi connectivity index (χ0v) is 15.9. The van der Waals surface area contributed by atoms with Crippen molar-refractivity contribution in [3.63, 3.8) is 0 Å². The fourth-order valence-electron chi connectivity index (χ4n) is 4.18. The molecule has 0 spiro atoms. The van der Waals surface area contributed by atoms with Gasteiger partial charge in [0.1, 0.15) is 0 Å². The van der Waals surface area contributed by atoms with Crippen molar-refractivity contribution in [1.82, 2.24) is 14.0 Å². The number of hydrogen-bond acceptors (Lipinski definition) is 3. The van der Waals surface area contributed by atoms with Crippen LogP contribution in [0.1, 0.15) is 30.0 Å². The third-order valence-electron chi connectivity index (χ3n) is 5.62. The van der Waals surface area contributed by atoms with Crippen LogP contribution in [0.15, 0.2) is 58.1 Å². The molecule has 1 saturated heterocycles. The van der Waals surface area contributed by atoms with Crippen molar-refractivity contribution in [2.75, 3.05) is 13.1 Å². The maximum absolute atomic E-state index is 12.7. The number of likely N-dealkylation sites (tertiary alicyclic amines) is 1. The molecular formula is C22H25N3O2. The highest BCUT2D eigenvalue weighted by atomic mass is 16.2. The Kier molecular flexibility index (Phi) is 4.70. The van der Waals surface area contributed by atoms with Gasteiger partial charge in [-0.05, 0) is 37.5 Å². The van der Waals surface area contributed by atoms with Crippen LogP contribution in [-0.2, 0) is 13.6 Å². The highest BCUT2D eigenvalue weighted by Gasteiger charge is 2.24. The third-order valence-corrected chi connectivity index (χ3v) is 5.62. The Bertz CT molecular complexity index is 1090. The van der Waals surface area contributed by atoms with Gasteiger partial charge in [-0.1, -0.05) is 42.0 Å². The lowest BCUT2D eigenvalue weighted by Crippen LogP contribution is -2.44. The van der Waals surface area contributed by atoms with Gasteiger partial charge < -0.3 is 4.57 Å². The number of nitrogens with zero attached hydrogens (tertiary/aromatic N) is 3. The van der Waals surface area contributed by atoms with Gasteiger partial charge in [0.2, 0.25) is 0 Å². The van der Waals surface area contributed by atoms with Gasteiger partial charge in [-0.3, -0.25) is 19.1 Å². The first-order chi connectivity index (χ1) is 13.0. The molecule has 2 aromatic carbocycles. The summed E-state index contributed by atoms with van der Waals surface area (Å²) in [5, 5.41) is 0. The quantitative estimate of drug-likeness (QED) is 0.672. The summed E-state index contributed by atoms with van der Waals surface area (Å²) in [6, 6.07) is 16.4. The zero-order valence-electron chi connectivity index (χ0n) is 15.9. The molecule has 0 N–H and O–H groups in total. The predicted octanol–water partition coefficient (Wildman–Crippen LogP) is 2.85. The molecule has 0 bridgehead atoms. The molecular weight excluding hydrogens is 338 g/mol. The number of piperidine rings is 1. The first-order valence-electron chi connectivity index (χ1n) is 9.53. The average molecular weight is 363 g/mol. The van der Waals surface area contributed by atoms with Gasteiger partial charge in [0, 0.05) is 32.7 Å². The van der Waals surface area contributed by atoms with Crippen LogP contribution in [0, 0.1) is 6.92 Å². The maximum atomic E-state index is 12.7. The van der Waals surface area contributed by atoms with Gasteiger partial charge in [0.05, 0.1) is 11.0 Å². The number of hydrogen-bond donors (Lipinski definition) is 0. The maximum Gasteiger partial charge on any atom is 0.317 e. The largest absolute Gasteiger partial charge is 0.317 e. The summed E-state index contributed by atoms with van der Waals surface area (Å²) >= 11 is 0. The summed E-state index contributed by atoms with van der Waals surface area (Å²) in [6.45, 7) is 4.90. The van der Waals surface area contributed by atoms with E-state index in [0.29, 0.717) is 0 Å². The molecule has 1 fully saturated rings. The van der Waals surface area contributed by atoms with Gasteiger partial charge >= 0.3 is 11.1 Å². The fourth-order valence-corrected chi connectivity index (χ4v) is 4.18. The normalized spacial score (nSPS) is 16.1. The predicted molar refractivity (Wildman–Crippen MR) is 108 cm³/mol. The molecule has 1 aliphatic rings. The van der Waals surface area contributed by atoms with Crippen molar-refractivity contribution >= 4 is 11.0 Å². The molecule has 4 rings (SSSR count). The second-order valence-corrected chi connectivity index (χ2v) is 7.52. The van der Waals surface area contributed by atoms with Gasteiger partial charge in [-0.25, -0.2) is 0 Å². The monoisotopic (exact) mass is 363 g/mol. The Morgan fingerprint density at radius 3 is 2.33 bits per heavy atom. The SMILES string of the molecule is Cc1cccc(CN2CCC(n3c(=O)c(=O)n(C)c4ccccc43)CC2)c1. The van der Waals surface area contributed by atoms with Gasteiger partial charge in [-0.2, -0.15) is 0 Å². The molecule has 5 nitrogen and oxygen atoms in total. The van der Waals surface area contributed by atoms with E-state index in [-0.39, 0.29) is 6.04 Å². The van der Waals surface area contributed by atoms with Crippen LogP contribution in [0.3, 0.4) is 0 Å². The molecule has 27 heavy (non-hydrogen) atoms. The summed E-state index contributed by atoms with van der Waals surface area (Å²) in [7, 11) is 1.67. The summed E-state index contributed by atoms with van der Waals surface area (Å²) < 4.78 is 3.20. The molecule has 0 saturated carbocycles. The first-order valence-corrected chi connectivity index (χ1v) is 9.53. The summed E-state index contributed by atoms with van der Waals surface area (Å²) in [4.78, 5) is 27.6. The molecule has 1 aromatic heterocycles. The Labute approximate surface area is 158 Å². The Morgan fingerprint density at radius 1 is 0.926 bits per heavy atom. The van der Waals surface area contributed by atoms with E-state index in [1.165, 1.54) is 15.7 Å². The molecule has 3 aromatic rings. The summed E-state index contributed by atoms with van der Waals surface area (Å²) in [5.74, 6) is 0. The van der Waals surface area contributed by atoms with E-state index in [1.54, 1.807) is 11.6 Å². The lowest BCUT2D eigenvalue weighted by Gasteiger charge is -2.33. The molecule has 0 unspecified atom stereocenters. The summed E-state index contributed by atoms with van der Waals surface area (Å²) in [6.07, 6.45) is 1.76. The van der Waals surface area contributed by atoms with E-state index >= 15 is 0 Å². The molecule has 0 atom stereocenters. The zero-order chi connectivity index (χ0) is 19.0. The van der Waals surface area contributed by atoms with Crippen LogP contribution in [0.4, 0.5) is 0 Å². The van der Waals surface area contributed by atoms with Crippen LogP contribution in [0.2, 0.25) is 0 Å². The molecule has 0 amide bonds. The van der Waals surface area contributed by atoms with Gasteiger partial charge in [0.25, 0.3) is 0 Å². The van der Waals surface area contributed by atoms with E-state index in [9.17, 15) is 9.59 Å². The van der Waals surface area contributed by atoms with Crippen molar-refractivity contribution in [1.29, 1.82) is 0 Å². The van der Waals surface area contributed by atoms with Crippen LogP contribution < -0.4 is 11.1 Å². The van der Waals surface area contributed by atoms with Gasteiger partial charge in [0.15, 0.2) is 0 Å². The van der Waals surface area contributed by atoms with Gasteiger partial charge in [-0.15, -0.1) is 0 Å². The van der Waals surface area contributed by atoms with E-state index in [0.717, 1.165) is 43.5 Å². The Balaban J connectivity index is 1.58. The lowest BCUT2D eigenvalue weighted by atomic mass is 10.0. The number of fused-ring (bicyclic) bond motifs is 1. The van der Waals surface area contributed by atoms with Crippen molar-refractivity contribution in [3.8, 4) is 0 Å².